The van der Waals surface area contributed by atoms with Gasteiger partial charge in [0.2, 0.25) is 5.91 Å². The lowest BCUT2D eigenvalue weighted by atomic mass is 9.60. The number of ketones is 2. The molecule has 0 N–H and O–H groups in total. The normalized spacial score (nSPS) is 23.1. The fourth-order valence-electron chi connectivity index (χ4n) is 4.05. The van der Waals surface area contributed by atoms with E-state index in [0.717, 1.165) is 5.75 Å². The maximum atomic E-state index is 13.2. The zero-order chi connectivity index (χ0) is 21.4. The predicted molar refractivity (Wildman–Crippen MR) is 114 cm³/mol. The Hall–Kier alpha value is -0.840. The van der Waals surface area contributed by atoms with Gasteiger partial charge in [-0.2, -0.15) is 11.8 Å². The van der Waals surface area contributed by atoms with Crippen LogP contribution in [0.2, 0.25) is 0 Å². The number of thioether (sulfide) groups is 1. The fourth-order valence-corrected chi connectivity index (χ4v) is 4.82. The first-order valence-corrected chi connectivity index (χ1v) is 11.1. The Morgan fingerprint density at radius 1 is 0.963 bits per heavy atom. The summed E-state index contributed by atoms with van der Waals surface area (Å²) < 4.78 is 0. The van der Waals surface area contributed by atoms with Crippen LogP contribution in [0.1, 0.15) is 82.1 Å². The number of likely N-dealkylation sites (tertiary alicyclic amines) is 1. The highest BCUT2D eigenvalue weighted by molar-refractivity contribution is 7.99. The van der Waals surface area contributed by atoms with Gasteiger partial charge in [0.15, 0.2) is 5.78 Å². The van der Waals surface area contributed by atoms with Crippen molar-refractivity contribution in [2.75, 3.05) is 5.75 Å². The molecule has 0 radical (unpaired) electrons. The molecule has 0 aromatic heterocycles. The van der Waals surface area contributed by atoms with Gasteiger partial charge >= 0.3 is 0 Å². The summed E-state index contributed by atoms with van der Waals surface area (Å²) in [5.41, 5.74) is -1.18. The first kappa shape index (κ1) is 24.2. The zero-order valence-corrected chi connectivity index (χ0v) is 19.8. The fraction of sp³-hybridized carbons (Fsp3) is 0.864. The average molecular weight is 398 g/mol. The molecule has 1 unspecified atom stereocenters. The van der Waals surface area contributed by atoms with Crippen LogP contribution in [-0.2, 0) is 14.4 Å². The van der Waals surface area contributed by atoms with Gasteiger partial charge in [-0.25, -0.2) is 0 Å². The van der Waals surface area contributed by atoms with E-state index >= 15 is 0 Å². The Morgan fingerprint density at radius 3 is 1.93 bits per heavy atom. The van der Waals surface area contributed by atoms with E-state index in [-0.39, 0.29) is 35.2 Å². The van der Waals surface area contributed by atoms with Crippen molar-refractivity contribution in [3.8, 4) is 0 Å². The van der Waals surface area contributed by atoms with Crippen LogP contribution in [0.5, 0.6) is 0 Å². The maximum Gasteiger partial charge on any atom is 0.224 e. The number of carbonyl (C=O) groups is 3. The highest BCUT2D eigenvalue weighted by Crippen LogP contribution is 2.59. The van der Waals surface area contributed by atoms with Crippen molar-refractivity contribution in [1.82, 2.24) is 4.90 Å². The molecule has 1 aliphatic heterocycles. The molecule has 0 aromatic rings. The van der Waals surface area contributed by atoms with Gasteiger partial charge < -0.3 is 4.90 Å². The maximum absolute atomic E-state index is 13.2. The van der Waals surface area contributed by atoms with Crippen molar-refractivity contribution >= 4 is 29.2 Å². The van der Waals surface area contributed by atoms with Crippen LogP contribution in [-0.4, -0.2) is 45.0 Å². The topological polar surface area (TPSA) is 54.5 Å². The molecule has 1 fully saturated rings. The Balaban J connectivity index is 3.25. The molecular formula is C22H39NO3S. The van der Waals surface area contributed by atoms with Crippen molar-refractivity contribution in [2.24, 2.45) is 16.7 Å². The van der Waals surface area contributed by atoms with Gasteiger partial charge in [-0.3, -0.25) is 14.4 Å². The number of carbonyl (C=O) groups excluding carboxylic acids is 3. The van der Waals surface area contributed by atoms with Crippen LogP contribution in [0.3, 0.4) is 0 Å². The molecular weight excluding hydrogens is 358 g/mol. The second-order valence-corrected chi connectivity index (χ2v) is 11.7. The Morgan fingerprint density at radius 2 is 1.48 bits per heavy atom. The summed E-state index contributed by atoms with van der Waals surface area (Å²) in [4.78, 5) is 40.5. The van der Waals surface area contributed by atoms with Gasteiger partial charge in [-0.1, -0.05) is 55.4 Å². The molecule has 1 rings (SSSR count). The van der Waals surface area contributed by atoms with Crippen LogP contribution >= 0.6 is 11.8 Å². The third kappa shape index (κ3) is 4.44. The van der Waals surface area contributed by atoms with Crippen molar-refractivity contribution in [3.05, 3.63) is 0 Å². The summed E-state index contributed by atoms with van der Waals surface area (Å²) in [7, 11) is 0. The largest absolute Gasteiger partial charge is 0.326 e. The third-order valence-electron chi connectivity index (χ3n) is 7.02. The van der Waals surface area contributed by atoms with Gasteiger partial charge in [0.05, 0.1) is 12.5 Å². The van der Waals surface area contributed by atoms with Crippen LogP contribution in [0.4, 0.5) is 0 Å². The van der Waals surface area contributed by atoms with Crippen molar-refractivity contribution in [3.63, 3.8) is 0 Å². The van der Waals surface area contributed by atoms with E-state index in [1.165, 1.54) is 0 Å². The van der Waals surface area contributed by atoms with E-state index in [2.05, 4.69) is 55.4 Å². The number of Topliss-reactive ketones (excluding diaryl/α,β-unsaturated/α-hetero) is 2. The molecule has 0 aliphatic carbocycles. The van der Waals surface area contributed by atoms with Gasteiger partial charge in [0.25, 0.3) is 0 Å². The molecule has 0 saturated carbocycles. The molecule has 4 nitrogen and oxygen atoms in total. The molecule has 1 amide bonds. The summed E-state index contributed by atoms with van der Waals surface area (Å²) in [5, 5.41) is 0.471. The number of hydrogen-bond donors (Lipinski definition) is 0. The molecule has 1 atom stereocenters. The van der Waals surface area contributed by atoms with E-state index in [1.54, 1.807) is 11.8 Å². The minimum atomic E-state index is -0.568. The first-order chi connectivity index (χ1) is 12.1. The van der Waals surface area contributed by atoms with Crippen molar-refractivity contribution in [2.45, 2.75) is 98.9 Å². The highest BCUT2D eigenvalue weighted by Gasteiger charge is 2.66. The van der Waals surface area contributed by atoms with E-state index in [1.807, 2.05) is 18.7 Å². The third-order valence-corrected chi connectivity index (χ3v) is 8.12. The summed E-state index contributed by atoms with van der Waals surface area (Å²) in [6, 6.07) is -0.568. The summed E-state index contributed by atoms with van der Waals surface area (Å²) in [5.74, 6) is 0.409. The molecule has 1 heterocycles. The summed E-state index contributed by atoms with van der Waals surface area (Å²) in [6.45, 7) is 20.4. The predicted octanol–water partition coefficient (Wildman–Crippen LogP) is 4.74. The molecule has 0 aromatic carbocycles. The summed E-state index contributed by atoms with van der Waals surface area (Å²) >= 11 is 1.76. The van der Waals surface area contributed by atoms with Gasteiger partial charge in [-0.05, 0) is 29.9 Å². The van der Waals surface area contributed by atoms with Gasteiger partial charge in [-0.15, -0.1) is 0 Å². The Bertz CT molecular complexity index is 590. The average Bonchev–Trinajstić information content (AvgIpc) is 2.60. The minimum absolute atomic E-state index is 0.0159. The number of hydrogen-bond acceptors (Lipinski definition) is 4. The quantitative estimate of drug-likeness (QED) is 0.555. The van der Waals surface area contributed by atoms with Crippen LogP contribution in [0, 0.1) is 16.7 Å². The van der Waals surface area contributed by atoms with Crippen molar-refractivity contribution in [1.29, 1.82) is 0 Å². The lowest BCUT2D eigenvalue weighted by Crippen LogP contribution is -2.53. The molecule has 27 heavy (non-hydrogen) atoms. The monoisotopic (exact) mass is 397 g/mol. The first-order valence-electron chi connectivity index (χ1n) is 10.1. The number of nitrogens with zero attached hydrogens (tertiary/aromatic N) is 1. The molecule has 156 valence electrons. The van der Waals surface area contributed by atoms with Crippen LogP contribution in [0.25, 0.3) is 0 Å². The molecule has 0 bridgehead atoms. The molecule has 0 spiro atoms. The lowest BCUT2D eigenvalue weighted by molar-refractivity contribution is -0.145. The van der Waals surface area contributed by atoms with E-state index in [9.17, 15) is 14.4 Å². The van der Waals surface area contributed by atoms with Crippen LogP contribution < -0.4 is 0 Å². The molecule has 5 heteroatoms. The summed E-state index contributed by atoms with van der Waals surface area (Å²) in [6.07, 6.45) is 0.322. The van der Waals surface area contributed by atoms with E-state index in [0.29, 0.717) is 11.7 Å². The highest BCUT2D eigenvalue weighted by atomic mass is 32.2. The standard InChI is InChI=1S/C22H39NO3S/c1-14(2)16(24)13-17(25)19-20(5,6)21(7,8)22(9,10)23(19)18(26)11-12-27-15(3)4/h14-15,19H,11-13H2,1-10H3. The van der Waals surface area contributed by atoms with Gasteiger partial charge in [0.1, 0.15) is 5.78 Å². The SMILES string of the molecule is CC(C)SCCC(=O)N1C(C(=O)CC(=O)C(C)C)C(C)(C)C(C)(C)C1(C)C. The Labute approximate surface area is 170 Å². The lowest BCUT2D eigenvalue weighted by Gasteiger charge is -2.44. The Kier molecular flexibility index (Phi) is 7.40. The minimum Gasteiger partial charge on any atom is -0.326 e. The molecule has 1 saturated heterocycles. The van der Waals surface area contributed by atoms with E-state index < -0.39 is 17.0 Å². The van der Waals surface area contributed by atoms with Crippen molar-refractivity contribution < 1.29 is 14.4 Å². The van der Waals surface area contributed by atoms with Gasteiger partial charge in [0, 0.05) is 23.6 Å². The molecule has 1 aliphatic rings. The zero-order valence-electron chi connectivity index (χ0n) is 18.9. The number of rotatable bonds is 8. The second kappa shape index (κ2) is 8.26. The van der Waals surface area contributed by atoms with E-state index in [4.69, 9.17) is 0 Å². The second-order valence-electron chi connectivity index (χ2n) is 10.0. The van der Waals surface area contributed by atoms with Crippen LogP contribution in [0.15, 0.2) is 0 Å². The smallest absolute Gasteiger partial charge is 0.224 e. The number of amides is 1.